The average Bonchev–Trinajstić information content (AvgIpc) is 3.30. The van der Waals surface area contributed by atoms with Gasteiger partial charge in [0.05, 0.1) is 21.2 Å². The summed E-state index contributed by atoms with van der Waals surface area (Å²) in [5.41, 5.74) is 0.866. The lowest BCUT2D eigenvalue weighted by molar-refractivity contribution is -0.139. The maximum absolute atomic E-state index is 12.6. The van der Waals surface area contributed by atoms with E-state index in [9.17, 15) is 19.5 Å². The normalized spacial score (nSPS) is 11.6. The van der Waals surface area contributed by atoms with Gasteiger partial charge in [-0.05, 0) is 36.3 Å². The zero-order valence-electron chi connectivity index (χ0n) is 16.5. The van der Waals surface area contributed by atoms with Crippen LogP contribution in [-0.4, -0.2) is 56.1 Å². The first kappa shape index (κ1) is 23.2. The van der Waals surface area contributed by atoms with E-state index >= 15 is 0 Å². The minimum atomic E-state index is -1.21. The summed E-state index contributed by atoms with van der Waals surface area (Å²) < 4.78 is 0. The lowest BCUT2D eigenvalue weighted by Gasteiger charge is -2.16. The molecule has 1 atom stereocenters. The molecule has 4 N–H and O–H groups in total. The molecule has 1 aromatic heterocycles. The van der Waals surface area contributed by atoms with Crippen molar-refractivity contribution in [2.45, 2.75) is 18.9 Å². The number of amides is 2. The van der Waals surface area contributed by atoms with Gasteiger partial charge in [0.1, 0.15) is 6.04 Å². The van der Waals surface area contributed by atoms with Crippen molar-refractivity contribution in [3.8, 4) is 11.4 Å². The van der Waals surface area contributed by atoms with E-state index in [1.807, 2.05) is 0 Å². The Hall–Kier alpha value is -3.50. The fraction of sp³-hybridized carbons (Fsp3) is 0.200. The number of nitrogens with one attached hydrogen (secondary N) is 3. The van der Waals surface area contributed by atoms with E-state index in [2.05, 4.69) is 31.3 Å². The largest absolute Gasteiger partial charge is 0.480 e. The third-order valence-corrected chi connectivity index (χ3v) is 5.14. The van der Waals surface area contributed by atoms with Crippen molar-refractivity contribution >= 4 is 41.0 Å². The lowest BCUT2D eigenvalue weighted by Crippen LogP contribution is -2.41. The molecule has 0 bridgehead atoms. The van der Waals surface area contributed by atoms with Crippen molar-refractivity contribution in [3.63, 3.8) is 0 Å². The fourth-order valence-corrected chi connectivity index (χ4v) is 3.53. The summed E-state index contributed by atoms with van der Waals surface area (Å²) in [7, 11) is 0. The molecule has 10 nitrogen and oxygen atoms in total. The van der Waals surface area contributed by atoms with E-state index in [0.29, 0.717) is 17.5 Å². The standard InChI is InChI=1S/C20H18Cl2N6O4/c21-13-7-3-8-14(22)16(13)19(30)24-15(20(31)32)9-4-10-23-18(29)12-6-2-1-5-11(12)17-25-27-28-26-17/h1-3,5-8,15H,4,9-10H2,(H,23,29)(H,24,30)(H,31,32)(H,25,26,27,28). The molecule has 1 unspecified atom stereocenters. The van der Waals surface area contributed by atoms with Crippen LogP contribution >= 0.6 is 23.2 Å². The van der Waals surface area contributed by atoms with Crippen molar-refractivity contribution < 1.29 is 19.5 Å². The Balaban J connectivity index is 1.56. The molecule has 3 aromatic rings. The van der Waals surface area contributed by atoms with E-state index in [-0.39, 0.29) is 40.3 Å². The lowest BCUT2D eigenvalue weighted by atomic mass is 10.1. The van der Waals surface area contributed by atoms with Crippen LogP contribution in [0.5, 0.6) is 0 Å². The first-order valence-corrected chi connectivity index (χ1v) is 10.2. The van der Waals surface area contributed by atoms with Crippen LogP contribution in [0, 0.1) is 0 Å². The molecule has 0 saturated heterocycles. The maximum Gasteiger partial charge on any atom is 0.326 e. The molecular weight excluding hydrogens is 459 g/mol. The fourth-order valence-electron chi connectivity index (χ4n) is 2.96. The number of carbonyl (C=O) groups is 3. The molecule has 0 aliphatic heterocycles. The number of nitrogens with zero attached hydrogens (tertiary/aromatic N) is 3. The number of aromatic nitrogens is 4. The monoisotopic (exact) mass is 476 g/mol. The van der Waals surface area contributed by atoms with Crippen molar-refractivity contribution in [1.29, 1.82) is 0 Å². The summed E-state index contributed by atoms with van der Waals surface area (Å²) in [5.74, 6) is -1.99. The van der Waals surface area contributed by atoms with Crippen LogP contribution in [0.3, 0.4) is 0 Å². The Bertz CT molecular complexity index is 1100. The van der Waals surface area contributed by atoms with Gasteiger partial charge in [-0.2, -0.15) is 5.21 Å². The summed E-state index contributed by atoms with van der Waals surface area (Å²) in [6, 6.07) is 10.1. The van der Waals surface area contributed by atoms with Crippen LogP contribution in [-0.2, 0) is 4.79 Å². The molecule has 12 heteroatoms. The predicted octanol–water partition coefficient (Wildman–Crippen LogP) is 2.57. The molecule has 2 aromatic carbocycles. The third-order valence-electron chi connectivity index (χ3n) is 4.51. The van der Waals surface area contributed by atoms with Gasteiger partial charge in [-0.15, -0.1) is 10.2 Å². The number of H-pyrrole nitrogens is 1. The van der Waals surface area contributed by atoms with Gasteiger partial charge < -0.3 is 15.7 Å². The van der Waals surface area contributed by atoms with Crippen molar-refractivity contribution in [2.75, 3.05) is 6.54 Å². The van der Waals surface area contributed by atoms with Crippen LogP contribution in [0.2, 0.25) is 10.0 Å². The van der Waals surface area contributed by atoms with Crippen molar-refractivity contribution in [1.82, 2.24) is 31.3 Å². The Labute approximate surface area is 192 Å². The van der Waals surface area contributed by atoms with Gasteiger partial charge in [0.15, 0.2) is 0 Å². The molecular formula is C20H18Cl2N6O4. The van der Waals surface area contributed by atoms with Gasteiger partial charge in [-0.25, -0.2) is 4.79 Å². The average molecular weight is 477 g/mol. The predicted molar refractivity (Wildman–Crippen MR) is 117 cm³/mol. The number of carboxylic acids is 1. The van der Waals surface area contributed by atoms with E-state index in [4.69, 9.17) is 23.2 Å². The van der Waals surface area contributed by atoms with Gasteiger partial charge in [0, 0.05) is 12.1 Å². The van der Waals surface area contributed by atoms with Gasteiger partial charge in [-0.3, -0.25) is 9.59 Å². The third kappa shape index (κ3) is 5.59. The van der Waals surface area contributed by atoms with Gasteiger partial charge in [0.2, 0.25) is 5.82 Å². The molecule has 0 spiro atoms. The molecule has 0 radical (unpaired) electrons. The van der Waals surface area contributed by atoms with Gasteiger partial charge in [-0.1, -0.05) is 47.5 Å². The van der Waals surface area contributed by atoms with E-state index in [1.165, 1.54) is 12.1 Å². The highest BCUT2D eigenvalue weighted by Gasteiger charge is 2.23. The Morgan fingerprint density at radius 1 is 1.03 bits per heavy atom. The number of benzene rings is 2. The van der Waals surface area contributed by atoms with Crippen LogP contribution in [0.4, 0.5) is 0 Å². The topological polar surface area (TPSA) is 150 Å². The Morgan fingerprint density at radius 2 is 1.75 bits per heavy atom. The van der Waals surface area contributed by atoms with Gasteiger partial charge >= 0.3 is 5.97 Å². The molecule has 0 saturated carbocycles. The molecule has 0 aliphatic rings. The van der Waals surface area contributed by atoms with Crippen LogP contribution in [0.25, 0.3) is 11.4 Å². The Kier molecular flexibility index (Phi) is 7.74. The number of aliphatic carboxylic acids is 1. The summed E-state index contributed by atoms with van der Waals surface area (Å²) >= 11 is 12.0. The van der Waals surface area contributed by atoms with E-state index in [1.54, 1.807) is 30.3 Å². The molecule has 32 heavy (non-hydrogen) atoms. The number of hydrogen-bond acceptors (Lipinski definition) is 6. The first-order chi connectivity index (χ1) is 15.4. The summed E-state index contributed by atoms with van der Waals surface area (Å²) in [6.45, 7) is 0.186. The van der Waals surface area contributed by atoms with Crippen molar-refractivity contribution in [2.24, 2.45) is 0 Å². The minimum Gasteiger partial charge on any atom is -0.480 e. The number of carboxylic acid groups (broad SMARTS) is 1. The second-order valence-electron chi connectivity index (χ2n) is 6.64. The summed E-state index contributed by atoms with van der Waals surface area (Å²) in [6.07, 6.45) is 0.375. The quantitative estimate of drug-likeness (QED) is 0.346. The number of rotatable bonds is 9. The maximum atomic E-state index is 12.6. The zero-order chi connectivity index (χ0) is 23.1. The highest BCUT2D eigenvalue weighted by Crippen LogP contribution is 2.24. The smallest absolute Gasteiger partial charge is 0.326 e. The van der Waals surface area contributed by atoms with Crippen LogP contribution in [0.1, 0.15) is 33.6 Å². The molecule has 2 amide bonds. The summed E-state index contributed by atoms with van der Waals surface area (Å²) in [5, 5.41) is 28.4. The molecule has 1 heterocycles. The second kappa shape index (κ2) is 10.7. The minimum absolute atomic E-state index is 0.00783. The highest BCUT2D eigenvalue weighted by molar-refractivity contribution is 6.39. The highest BCUT2D eigenvalue weighted by atomic mass is 35.5. The van der Waals surface area contributed by atoms with Crippen LogP contribution in [0.15, 0.2) is 42.5 Å². The Morgan fingerprint density at radius 3 is 2.41 bits per heavy atom. The zero-order valence-corrected chi connectivity index (χ0v) is 18.0. The molecule has 0 fully saturated rings. The van der Waals surface area contributed by atoms with Crippen molar-refractivity contribution in [3.05, 3.63) is 63.6 Å². The SMILES string of the molecule is O=C(NCCCC(NC(=O)c1c(Cl)cccc1Cl)C(=O)O)c1ccccc1-c1nn[nH]n1. The number of aromatic amines is 1. The molecule has 166 valence electrons. The molecule has 0 aliphatic carbocycles. The number of halogens is 2. The first-order valence-electron chi connectivity index (χ1n) is 9.47. The second-order valence-corrected chi connectivity index (χ2v) is 7.45. The number of tetrazole rings is 1. The van der Waals surface area contributed by atoms with E-state index in [0.717, 1.165) is 0 Å². The molecule has 3 rings (SSSR count). The summed E-state index contributed by atoms with van der Waals surface area (Å²) in [4.78, 5) is 36.6. The van der Waals surface area contributed by atoms with Crippen LogP contribution < -0.4 is 10.6 Å². The number of hydrogen-bond donors (Lipinski definition) is 4. The van der Waals surface area contributed by atoms with E-state index < -0.39 is 17.9 Å². The number of carbonyl (C=O) groups excluding carboxylic acids is 2. The van der Waals surface area contributed by atoms with Gasteiger partial charge in [0.25, 0.3) is 11.8 Å².